The molecule has 0 radical (unpaired) electrons. The lowest BCUT2D eigenvalue weighted by molar-refractivity contribution is -0.400. The number of rotatable bonds is 3. The van der Waals surface area contributed by atoms with Crippen LogP contribution in [-0.2, 0) is 0 Å². The molecule has 1 aromatic carbocycles. The zero-order valence-corrected chi connectivity index (χ0v) is 8.22. The van der Waals surface area contributed by atoms with Gasteiger partial charge in [0.05, 0.1) is 23.0 Å². The van der Waals surface area contributed by atoms with E-state index in [2.05, 4.69) is 10.2 Å². The van der Waals surface area contributed by atoms with Crippen molar-refractivity contribution in [1.29, 1.82) is 0 Å². The summed E-state index contributed by atoms with van der Waals surface area (Å²) < 4.78 is 0. The fourth-order valence-electron chi connectivity index (χ4n) is 1.21. The summed E-state index contributed by atoms with van der Waals surface area (Å²) in [7, 11) is 0. The highest BCUT2D eigenvalue weighted by atomic mass is 16.6. The fraction of sp³-hybridized carbons (Fsp3) is 0. The molecule has 0 aliphatic carbocycles. The molecular weight excluding hydrogens is 208 g/mol. The summed E-state index contributed by atoms with van der Waals surface area (Å²) in [6.07, 6.45) is 5.50. The lowest BCUT2D eigenvalue weighted by Gasteiger charge is -1.98. The second-order valence-corrected chi connectivity index (χ2v) is 3.01. The summed E-state index contributed by atoms with van der Waals surface area (Å²) >= 11 is 0. The quantitative estimate of drug-likeness (QED) is 0.575. The molecule has 0 bridgehead atoms. The van der Waals surface area contributed by atoms with Crippen molar-refractivity contribution in [2.45, 2.75) is 0 Å². The minimum atomic E-state index is -0.497. The maximum absolute atomic E-state index is 10.1. The fourth-order valence-corrected chi connectivity index (χ4v) is 1.21. The minimum absolute atomic E-state index is 0.497. The summed E-state index contributed by atoms with van der Waals surface area (Å²) in [4.78, 5) is 11.1. The van der Waals surface area contributed by atoms with Crippen LogP contribution >= 0.6 is 0 Å². The zero-order valence-electron chi connectivity index (χ0n) is 8.22. The Morgan fingerprint density at radius 3 is 2.38 bits per heavy atom. The van der Waals surface area contributed by atoms with Crippen LogP contribution in [0.15, 0.2) is 42.9 Å². The van der Waals surface area contributed by atoms with Gasteiger partial charge in [-0.25, -0.2) is 0 Å². The van der Waals surface area contributed by atoms with E-state index in [0.29, 0.717) is 0 Å². The van der Waals surface area contributed by atoms with Crippen molar-refractivity contribution in [2.75, 3.05) is 0 Å². The molecule has 16 heavy (non-hydrogen) atoms. The van der Waals surface area contributed by atoms with Gasteiger partial charge in [0, 0.05) is 6.08 Å². The van der Waals surface area contributed by atoms with Crippen LogP contribution in [0.3, 0.4) is 0 Å². The van der Waals surface area contributed by atoms with Gasteiger partial charge in [0.25, 0.3) is 0 Å². The first-order valence-electron chi connectivity index (χ1n) is 4.54. The Morgan fingerprint density at radius 2 is 1.81 bits per heavy atom. The molecule has 2 rings (SSSR count). The van der Waals surface area contributed by atoms with Gasteiger partial charge in [0.15, 0.2) is 0 Å². The highest BCUT2D eigenvalue weighted by Gasteiger charge is 1.96. The van der Waals surface area contributed by atoms with Gasteiger partial charge in [-0.15, -0.1) is 0 Å². The summed E-state index contributed by atoms with van der Waals surface area (Å²) in [5.41, 5.74) is 1.57. The lowest BCUT2D eigenvalue weighted by atomic mass is 10.2. The Labute approximate surface area is 91.0 Å². The molecule has 1 aromatic heterocycles. The molecule has 0 atom stereocenters. The number of aromatic nitrogens is 3. The molecule has 0 N–H and O–H groups in total. The molecule has 1 heterocycles. The van der Waals surface area contributed by atoms with E-state index < -0.39 is 4.92 Å². The number of hydrogen-bond acceptors (Lipinski definition) is 4. The van der Waals surface area contributed by atoms with Crippen molar-refractivity contribution < 1.29 is 4.92 Å². The van der Waals surface area contributed by atoms with E-state index in [9.17, 15) is 10.1 Å². The Bertz CT molecular complexity index is 502. The largest absolute Gasteiger partial charge is 0.259 e. The Morgan fingerprint density at radius 1 is 1.19 bits per heavy atom. The van der Waals surface area contributed by atoms with Crippen LogP contribution in [-0.4, -0.2) is 19.9 Å². The molecule has 0 saturated heterocycles. The molecule has 0 aliphatic rings. The summed E-state index contributed by atoms with van der Waals surface area (Å²) in [6, 6.07) is 7.11. The highest BCUT2D eigenvalue weighted by molar-refractivity contribution is 5.50. The minimum Gasteiger partial charge on any atom is -0.259 e. The number of nitrogens with zero attached hydrogens (tertiary/aromatic N) is 4. The predicted molar refractivity (Wildman–Crippen MR) is 57.4 cm³/mol. The first-order chi connectivity index (χ1) is 7.75. The van der Waals surface area contributed by atoms with E-state index in [1.54, 1.807) is 36.7 Å². The van der Waals surface area contributed by atoms with Crippen LogP contribution in [0.4, 0.5) is 0 Å². The van der Waals surface area contributed by atoms with Gasteiger partial charge in [-0.2, -0.15) is 15.0 Å². The predicted octanol–water partition coefficient (Wildman–Crippen LogP) is 1.51. The first-order valence-corrected chi connectivity index (χ1v) is 4.54. The highest BCUT2D eigenvalue weighted by Crippen LogP contribution is 2.08. The summed E-state index contributed by atoms with van der Waals surface area (Å²) in [5.74, 6) is 0. The van der Waals surface area contributed by atoms with E-state index in [1.165, 1.54) is 10.9 Å². The molecule has 6 heteroatoms. The second-order valence-electron chi connectivity index (χ2n) is 3.01. The number of benzene rings is 1. The Hall–Kier alpha value is -2.50. The zero-order chi connectivity index (χ0) is 11.4. The van der Waals surface area contributed by atoms with Gasteiger partial charge in [0.1, 0.15) is 0 Å². The lowest BCUT2D eigenvalue weighted by Crippen LogP contribution is -1.97. The molecule has 0 aliphatic heterocycles. The van der Waals surface area contributed by atoms with Crippen LogP contribution in [0.5, 0.6) is 0 Å². The molecule has 0 spiro atoms. The van der Waals surface area contributed by atoms with Crippen molar-refractivity contribution in [3.8, 4) is 5.69 Å². The Kier molecular flexibility index (Phi) is 2.73. The average molecular weight is 216 g/mol. The van der Waals surface area contributed by atoms with Crippen LogP contribution in [0.1, 0.15) is 5.56 Å². The summed E-state index contributed by atoms with van der Waals surface area (Å²) in [6.45, 7) is 0. The smallest absolute Gasteiger partial charge is 0.235 e. The average Bonchev–Trinajstić information content (AvgIpc) is 2.80. The van der Waals surface area contributed by atoms with Crippen molar-refractivity contribution in [2.24, 2.45) is 0 Å². The normalized spacial score (nSPS) is 10.8. The third-order valence-corrected chi connectivity index (χ3v) is 1.93. The molecule has 0 amide bonds. The van der Waals surface area contributed by atoms with E-state index in [4.69, 9.17) is 0 Å². The molecule has 80 valence electrons. The van der Waals surface area contributed by atoms with Crippen molar-refractivity contribution >= 4 is 6.08 Å². The first kappa shape index (κ1) is 10.0. The molecular formula is C10H8N4O2. The number of hydrogen-bond donors (Lipinski definition) is 0. The maximum atomic E-state index is 10.1. The molecule has 0 unspecified atom stereocenters. The topological polar surface area (TPSA) is 73.8 Å². The van der Waals surface area contributed by atoms with Crippen molar-refractivity contribution in [3.63, 3.8) is 0 Å². The molecule has 6 nitrogen and oxygen atoms in total. The van der Waals surface area contributed by atoms with Gasteiger partial charge >= 0.3 is 0 Å². The van der Waals surface area contributed by atoms with Crippen LogP contribution < -0.4 is 0 Å². The van der Waals surface area contributed by atoms with E-state index in [-0.39, 0.29) is 0 Å². The van der Waals surface area contributed by atoms with Gasteiger partial charge in [-0.1, -0.05) is 12.1 Å². The van der Waals surface area contributed by atoms with Crippen molar-refractivity contribution in [3.05, 3.63) is 58.5 Å². The molecule has 2 aromatic rings. The van der Waals surface area contributed by atoms with Gasteiger partial charge in [-0.3, -0.25) is 10.1 Å². The third-order valence-electron chi connectivity index (χ3n) is 1.93. The third kappa shape index (κ3) is 2.30. The second kappa shape index (κ2) is 4.35. The van der Waals surface area contributed by atoms with Crippen molar-refractivity contribution in [1.82, 2.24) is 15.0 Å². The monoisotopic (exact) mass is 216 g/mol. The molecule has 0 fully saturated rings. The summed E-state index contributed by atoms with van der Waals surface area (Å²) in [5, 5.41) is 18.1. The van der Waals surface area contributed by atoms with Crippen LogP contribution in [0.25, 0.3) is 11.8 Å². The van der Waals surface area contributed by atoms with E-state index in [0.717, 1.165) is 17.5 Å². The number of nitro groups is 1. The Balaban J connectivity index is 2.20. The molecule has 0 saturated carbocycles. The van der Waals surface area contributed by atoms with Gasteiger partial charge in [0.2, 0.25) is 6.20 Å². The maximum Gasteiger partial charge on any atom is 0.235 e. The van der Waals surface area contributed by atoms with E-state index >= 15 is 0 Å². The van der Waals surface area contributed by atoms with Gasteiger partial charge in [-0.05, 0) is 17.7 Å². The van der Waals surface area contributed by atoms with Crippen LogP contribution in [0, 0.1) is 10.1 Å². The van der Waals surface area contributed by atoms with Gasteiger partial charge < -0.3 is 0 Å². The SMILES string of the molecule is O=[N+]([O-])/C=C/c1ccc(-n2nccn2)cc1. The van der Waals surface area contributed by atoms with E-state index in [1.807, 2.05) is 0 Å². The van der Waals surface area contributed by atoms with Crippen LogP contribution in [0.2, 0.25) is 0 Å². The standard InChI is InChI=1S/C10H8N4O2/c15-13(16)8-5-9-1-3-10(4-2-9)14-11-6-7-12-14/h1-8H/b8-5+.